The zero-order valence-corrected chi connectivity index (χ0v) is 16.6. The van der Waals surface area contributed by atoms with Crippen molar-refractivity contribution in [2.24, 2.45) is 0 Å². The standard InChI is InChI=1S/C19H27NO8/c1-10(27-11(2)21)8-13(12-6-7-14(22)15(23)9-12)16(17(24)25)20-18(26)28-19(3,4)5/h6-7,9-10,13,16,22-23H,8H2,1-5H3,(H,20,26)(H,24,25)/t10?,13?,16-/m1/s1. The second-order valence-electron chi connectivity index (χ2n) is 7.47. The molecule has 1 aromatic carbocycles. The number of aromatic hydroxyl groups is 2. The lowest BCUT2D eigenvalue weighted by Crippen LogP contribution is -2.47. The molecule has 0 saturated carbocycles. The van der Waals surface area contributed by atoms with Gasteiger partial charge in [0.15, 0.2) is 11.5 Å². The number of aliphatic carboxylic acids is 1. The topological polar surface area (TPSA) is 142 Å². The van der Waals surface area contributed by atoms with Gasteiger partial charge in [0, 0.05) is 12.8 Å². The predicted molar refractivity (Wildman–Crippen MR) is 99.2 cm³/mol. The Kier molecular flexibility index (Phi) is 7.66. The Labute approximate surface area is 163 Å². The van der Waals surface area contributed by atoms with Crippen molar-refractivity contribution >= 4 is 18.0 Å². The van der Waals surface area contributed by atoms with E-state index in [9.17, 15) is 29.7 Å². The third kappa shape index (κ3) is 7.34. The van der Waals surface area contributed by atoms with Gasteiger partial charge >= 0.3 is 18.0 Å². The first-order chi connectivity index (χ1) is 12.8. The van der Waals surface area contributed by atoms with Gasteiger partial charge in [0.1, 0.15) is 11.6 Å². The largest absolute Gasteiger partial charge is 0.504 e. The molecule has 1 rings (SSSR count). The Bertz CT molecular complexity index is 725. The maximum atomic E-state index is 12.1. The number of carbonyl (C=O) groups excluding carboxylic acids is 2. The van der Waals surface area contributed by atoms with E-state index in [0.29, 0.717) is 5.56 Å². The molecule has 0 bridgehead atoms. The second-order valence-corrected chi connectivity index (χ2v) is 7.47. The van der Waals surface area contributed by atoms with Gasteiger partial charge in [-0.3, -0.25) is 4.79 Å². The van der Waals surface area contributed by atoms with Crippen molar-refractivity contribution in [3.05, 3.63) is 23.8 Å². The van der Waals surface area contributed by atoms with Gasteiger partial charge in [-0.05, 0) is 51.8 Å². The number of hydrogen-bond donors (Lipinski definition) is 4. The number of rotatable bonds is 7. The summed E-state index contributed by atoms with van der Waals surface area (Å²) in [7, 11) is 0. The molecule has 1 amide bonds. The van der Waals surface area contributed by atoms with E-state index < -0.39 is 47.4 Å². The summed E-state index contributed by atoms with van der Waals surface area (Å²) in [4.78, 5) is 35.2. The van der Waals surface area contributed by atoms with Gasteiger partial charge in [0.2, 0.25) is 0 Å². The molecule has 0 fully saturated rings. The minimum atomic E-state index is -1.43. The van der Waals surface area contributed by atoms with Crippen LogP contribution in [0.3, 0.4) is 0 Å². The summed E-state index contributed by atoms with van der Waals surface area (Å²) in [5.41, 5.74) is -0.498. The molecule has 28 heavy (non-hydrogen) atoms. The molecule has 0 radical (unpaired) electrons. The summed E-state index contributed by atoms with van der Waals surface area (Å²) in [5.74, 6) is -3.57. The fourth-order valence-electron chi connectivity index (χ4n) is 2.69. The fraction of sp³-hybridized carbons (Fsp3) is 0.526. The summed E-state index contributed by atoms with van der Waals surface area (Å²) in [6.07, 6.45) is -1.55. The molecule has 1 aromatic rings. The van der Waals surface area contributed by atoms with Gasteiger partial charge < -0.3 is 30.1 Å². The van der Waals surface area contributed by atoms with Crippen molar-refractivity contribution < 1.29 is 39.2 Å². The first-order valence-corrected chi connectivity index (χ1v) is 8.71. The molecular formula is C19H27NO8. The lowest BCUT2D eigenvalue weighted by Gasteiger charge is -2.29. The maximum absolute atomic E-state index is 12.1. The number of carbonyl (C=O) groups is 3. The van der Waals surface area contributed by atoms with Crippen molar-refractivity contribution in [1.82, 2.24) is 5.32 Å². The number of amides is 1. The SMILES string of the molecule is CC(=O)OC(C)CC(c1ccc(O)c(O)c1)[C@@H](NC(=O)OC(C)(C)C)C(=O)O. The van der Waals surface area contributed by atoms with Crippen molar-refractivity contribution in [3.8, 4) is 11.5 Å². The summed E-state index contributed by atoms with van der Waals surface area (Å²) in [6, 6.07) is 2.40. The molecule has 0 aromatic heterocycles. The lowest BCUT2D eigenvalue weighted by atomic mass is 9.86. The highest BCUT2D eigenvalue weighted by Crippen LogP contribution is 2.33. The number of carboxylic acid groups (broad SMARTS) is 1. The number of benzene rings is 1. The second kappa shape index (κ2) is 9.29. The molecule has 0 saturated heterocycles. The number of ether oxygens (including phenoxy) is 2. The summed E-state index contributed by atoms with van der Waals surface area (Å²) >= 11 is 0. The molecule has 156 valence electrons. The normalized spacial score (nSPS) is 14.5. The lowest BCUT2D eigenvalue weighted by molar-refractivity contribution is -0.146. The van der Waals surface area contributed by atoms with Crippen LogP contribution in [0, 0.1) is 0 Å². The number of hydrogen-bond acceptors (Lipinski definition) is 7. The number of alkyl carbamates (subject to hydrolysis) is 1. The first-order valence-electron chi connectivity index (χ1n) is 8.71. The van der Waals surface area contributed by atoms with Crippen LogP contribution < -0.4 is 5.32 Å². The van der Waals surface area contributed by atoms with E-state index in [0.717, 1.165) is 0 Å². The molecule has 3 atom stereocenters. The van der Waals surface area contributed by atoms with Crippen molar-refractivity contribution in [2.45, 2.75) is 64.7 Å². The van der Waals surface area contributed by atoms with Crippen LogP contribution in [0.5, 0.6) is 11.5 Å². The highest BCUT2D eigenvalue weighted by Gasteiger charge is 2.34. The predicted octanol–water partition coefficient (Wildman–Crippen LogP) is 2.50. The number of carboxylic acids is 1. The summed E-state index contributed by atoms with van der Waals surface area (Å²) in [6.45, 7) is 7.73. The Hall–Kier alpha value is -2.97. The van der Waals surface area contributed by atoms with Crippen LogP contribution >= 0.6 is 0 Å². The average molecular weight is 397 g/mol. The summed E-state index contributed by atoms with van der Waals surface area (Å²) < 4.78 is 10.2. The minimum absolute atomic E-state index is 0.0383. The maximum Gasteiger partial charge on any atom is 0.408 e. The number of nitrogens with one attached hydrogen (secondary N) is 1. The molecule has 0 aliphatic carbocycles. The van der Waals surface area contributed by atoms with Crippen LogP contribution in [0.15, 0.2) is 18.2 Å². The van der Waals surface area contributed by atoms with E-state index >= 15 is 0 Å². The van der Waals surface area contributed by atoms with Crippen LogP contribution in [0.25, 0.3) is 0 Å². The zero-order valence-electron chi connectivity index (χ0n) is 16.6. The van der Waals surface area contributed by atoms with Crippen LogP contribution in [0.4, 0.5) is 4.79 Å². The van der Waals surface area contributed by atoms with E-state index in [1.807, 2.05) is 0 Å². The first kappa shape index (κ1) is 23.1. The Balaban J connectivity index is 3.23. The number of esters is 1. The molecule has 2 unspecified atom stereocenters. The highest BCUT2D eigenvalue weighted by molar-refractivity contribution is 5.81. The number of phenols is 2. The molecular weight excluding hydrogens is 370 g/mol. The van der Waals surface area contributed by atoms with Crippen LogP contribution in [-0.4, -0.2) is 51.1 Å². The molecule has 0 aliphatic rings. The molecule has 0 aliphatic heterocycles. The molecule has 0 spiro atoms. The third-order valence-electron chi connectivity index (χ3n) is 3.72. The van der Waals surface area contributed by atoms with Crippen molar-refractivity contribution in [2.75, 3.05) is 0 Å². The van der Waals surface area contributed by atoms with Gasteiger partial charge in [0.25, 0.3) is 0 Å². The molecule has 9 nitrogen and oxygen atoms in total. The van der Waals surface area contributed by atoms with E-state index in [4.69, 9.17) is 9.47 Å². The molecule has 0 heterocycles. The van der Waals surface area contributed by atoms with Crippen LogP contribution in [-0.2, 0) is 19.1 Å². The van der Waals surface area contributed by atoms with Gasteiger partial charge in [-0.2, -0.15) is 0 Å². The highest BCUT2D eigenvalue weighted by atomic mass is 16.6. The van der Waals surface area contributed by atoms with Gasteiger partial charge in [-0.15, -0.1) is 0 Å². The van der Waals surface area contributed by atoms with Gasteiger partial charge in [-0.25, -0.2) is 9.59 Å². The van der Waals surface area contributed by atoms with E-state index in [-0.39, 0.29) is 12.2 Å². The molecule has 4 N–H and O–H groups in total. The summed E-state index contributed by atoms with van der Waals surface area (Å²) in [5, 5.41) is 31.3. The Morgan fingerprint density at radius 2 is 1.75 bits per heavy atom. The molecule has 9 heteroatoms. The quantitative estimate of drug-likeness (QED) is 0.406. The number of phenolic OH excluding ortho intramolecular Hbond substituents is 2. The van der Waals surface area contributed by atoms with Gasteiger partial charge in [0.05, 0.1) is 6.10 Å². The smallest absolute Gasteiger partial charge is 0.408 e. The Morgan fingerprint density at radius 1 is 1.14 bits per heavy atom. The monoisotopic (exact) mass is 397 g/mol. The van der Waals surface area contributed by atoms with Crippen molar-refractivity contribution in [3.63, 3.8) is 0 Å². The minimum Gasteiger partial charge on any atom is -0.504 e. The third-order valence-corrected chi connectivity index (χ3v) is 3.72. The zero-order chi connectivity index (χ0) is 21.6. The van der Waals surface area contributed by atoms with E-state index in [1.54, 1.807) is 27.7 Å². The average Bonchev–Trinajstić information content (AvgIpc) is 2.50. The van der Waals surface area contributed by atoms with Crippen LogP contribution in [0.2, 0.25) is 0 Å². The van der Waals surface area contributed by atoms with Gasteiger partial charge in [-0.1, -0.05) is 6.07 Å². The van der Waals surface area contributed by atoms with Crippen LogP contribution in [0.1, 0.15) is 52.5 Å². The van der Waals surface area contributed by atoms with E-state index in [2.05, 4.69) is 5.32 Å². The van der Waals surface area contributed by atoms with E-state index in [1.165, 1.54) is 25.1 Å². The Morgan fingerprint density at radius 3 is 2.21 bits per heavy atom. The fourth-order valence-corrected chi connectivity index (χ4v) is 2.69. The van der Waals surface area contributed by atoms with Crippen molar-refractivity contribution in [1.29, 1.82) is 0 Å².